The zero-order valence-corrected chi connectivity index (χ0v) is 48.9. The van der Waals surface area contributed by atoms with E-state index in [0.717, 1.165) is 69.6 Å². The van der Waals surface area contributed by atoms with Gasteiger partial charge in [-0.1, -0.05) is 330 Å². The Balaban J connectivity index is 4.30. The van der Waals surface area contributed by atoms with Gasteiger partial charge >= 0.3 is 17.9 Å². The quantitative estimate of drug-likeness (QED) is 0.0343. The van der Waals surface area contributed by atoms with E-state index in [2.05, 4.69) is 34.6 Å². The third-order valence-corrected chi connectivity index (χ3v) is 15.3. The van der Waals surface area contributed by atoms with Crippen LogP contribution < -0.4 is 0 Å². The molecule has 0 fully saturated rings. The lowest BCUT2D eigenvalue weighted by Gasteiger charge is -2.18. The van der Waals surface area contributed by atoms with Crippen LogP contribution >= 0.6 is 0 Å². The van der Waals surface area contributed by atoms with Crippen LogP contribution in [0.1, 0.15) is 369 Å². The van der Waals surface area contributed by atoms with E-state index in [4.69, 9.17) is 14.2 Å². The topological polar surface area (TPSA) is 78.9 Å². The Morgan fingerprint density at radius 3 is 0.803 bits per heavy atom. The Bertz CT molecular complexity index is 1090. The van der Waals surface area contributed by atoms with Gasteiger partial charge in [0.2, 0.25) is 0 Å². The number of ether oxygens (including phenoxy) is 3. The fourth-order valence-corrected chi connectivity index (χ4v) is 10.1. The van der Waals surface area contributed by atoms with Crippen LogP contribution in [0.2, 0.25) is 0 Å². The van der Waals surface area contributed by atoms with Crippen molar-refractivity contribution in [2.24, 2.45) is 11.8 Å². The highest BCUT2D eigenvalue weighted by atomic mass is 16.6. The van der Waals surface area contributed by atoms with Gasteiger partial charge in [0.1, 0.15) is 13.2 Å². The fourth-order valence-electron chi connectivity index (χ4n) is 10.1. The molecule has 0 radical (unpaired) electrons. The molecule has 0 heterocycles. The molecule has 0 bridgehead atoms. The summed E-state index contributed by atoms with van der Waals surface area (Å²) in [6.45, 7) is 11.5. The summed E-state index contributed by atoms with van der Waals surface area (Å²) < 4.78 is 17.0. The predicted octanol–water partition coefficient (Wildman–Crippen LogP) is 21.6. The summed E-state index contributed by atoms with van der Waals surface area (Å²) in [5, 5.41) is 0. The summed E-state index contributed by atoms with van der Waals surface area (Å²) in [6.07, 6.45) is 63.8. The molecule has 0 spiro atoms. The van der Waals surface area contributed by atoms with Crippen LogP contribution in [0.4, 0.5) is 0 Å². The smallest absolute Gasteiger partial charge is 0.306 e. The minimum atomic E-state index is -0.764. The van der Waals surface area contributed by atoms with Gasteiger partial charge in [0.15, 0.2) is 6.10 Å². The number of hydrogen-bond donors (Lipinski definition) is 0. The Kier molecular flexibility index (Phi) is 56.4. The van der Waals surface area contributed by atoms with Crippen LogP contribution in [0.25, 0.3) is 0 Å². The van der Waals surface area contributed by atoms with E-state index in [9.17, 15) is 14.4 Å². The summed E-state index contributed by atoms with van der Waals surface area (Å²) in [5.41, 5.74) is 0. The van der Waals surface area contributed by atoms with Gasteiger partial charge in [-0.05, 0) is 31.1 Å². The van der Waals surface area contributed by atoms with E-state index in [-0.39, 0.29) is 31.1 Å². The predicted molar refractivity (Wildman–Crippen MR) is 307 cm³/mol. The summed E-state index contributed by atoms with van der Waals surface area (Å²) in [4.78, 5) is 38.3. The second kappa shape index (κ2) is 57.7. The van der Waals surface area contributed by atoms with Crippen molar-refractivity contribution in [3.05, 3.63) is 0 Å². The molecule has 422 valence electrons. The van der Waals surface area contributed by atoms with Crippen molar-refractivity contribution >= 4 is 17.9 Å². The maximum absolute atomic E-state index is 12.9. The molecule has 0 saturated heterocycles. The summed E-state index contributed by atoms with van der Waals surface area (Å²) >= 11 is 0. The van der Waals surface area contributed by atoms with Crippen LogP contribution in [-0.4, -0.2) is 37.2 Å². The molecule has 1 unspecified atom stereocenters. The van der Waals surface area contributed by atoms with E-state index in [1.807, 2.05) is 0 Å². The first-order valence-electron chi connectivity index (χ1n) is 32.3. The summed E-state index contributed by atoms with van der Waals surface area (Å²) in [7, 11) is 0. The Hall–Kier alpha value is -1.59. The Morgan fingerprint density at radius 1 is 0.296 bits per heavy atom. The molecule has 0 aliphatic rings. The highest BCUT2D eigenvalue weighted by Gasteiger charge is 2.19. The molecule has 0 saturated carbocycles. The maximum atomic E-state index is 12.9. The molecule has 6 nitrogen and oxygen atoms in total. The van der Waals surface area contributed by atoms with E-state index in [1.165, 1.54) is 257 Å². The van der Waals surface area contributed by atoms with Crippen LogP contribution in [0.15, 0.2) is 0 Å². The average molecular weight is 1000 g/mol. The average Bonchev–Trinajstić information content (AvgIpc) is 3.36. The van der Waals surface area contributed by atoms with Crippen molar-refractivity contribution in [3.63, 3.8) is 0 Å². The zero-order chi connectivity index (χ0) is 51.8. The third-order valence-electron chi connectivity index (χ3n) is 15.3. The van der Waals surface area contributed by atoms with Crippen LogP contribution in [0.3, 0.4) is 0 Å². The Morgan fingerprint density at radius 2 is 0.535 bits per heavy atom. The van der Waals surface area contributed by atoms with Gasteiger partial charge < -0.3 is 14.2 Å². The third kappa shape index (κ3) is 57.5. The second-order valence-corrected chi connectivity index (χ2v) is 23.1. The number of carbonyl (C=O) groups is 3. The second-order valence-electron chi connectivity index (χ2n) is 23.1. The molecule has 0 amide bonds. The lowest BCUT2D eigenvalue weighted by molar-refractivity contribution is -0.167. The molecule has 0 aliphatic heterocycles. The minimum absolute atomic E-state index is 0.0618. The van der Waals surface area contributed by atoms with Gasteiger partial charge in [-0.2, -0.15) is 0 Å². The largest absolute Gasteiger partial charge is 0.462 e. The first-order valence-corrected chi connectivity index (χ1v) is 32.3. The summed E-state index contributed by atoms with van der Waals surface area (Å²) in [5.74, 6) is 0.909. The number of carbonyl (C=O) groups excluding carboxylic acids is 3. The van der Waals surface area contributed by atoms with Gasteiger partial charge in [-0.3, -0.25) is 14.4 Å². The lowest BCUT2D eigenvalue weighted by atomic mass is 9.99. The van der Waals surface area contributed by atoms with Crippen molar-refractivity contribution < 1.29 is 28.6 Å². The molecule has 71 heavy (non-hydrogen) atoms. The van der Waals surface area contributed by atoms with E-state index >= 15 is 0 Å². The van der Waals surface area contributed by atoms with Gasteiger partial charge in [-0.25, -0.2) is 0 Å². The van der Waals surface area contributed by atoms with Crippen molar-refractivity contribution in [1.29, 1.82) is 0 Å². The van der Waals surface area contributed by atoms with Crippen molar-refractivity contribution in [1.82, 2.24) is 0 Å². The molecule has 6 heteroatoms. The van der Waals surface area contributed by atoms with E-state index < -0.39 is 6.10 Å². The monoisotopic (exact) mass is 1000 g/mol. The van der Waals surface area contributed by atoms with Gasteiger partial charge in [0.25, 0.3) is 0 Å². The van der Waals surface area contributed by atoms with E-state index in [0.29, 0.717) is 19.3 Å². The Labute approximate surface area is 444 Å². The fraction of sp³-hybridized carbons (Fsp3) is 0.954. The van der Waals surface area contributed by atoms with Gasteiger partial charge in [-0.15, -0.1) is 0 Å². The molecular formula is C65H126O6. The molecule has 0 aromatic carbocycles. The number of unbranched alkanes of at least 4 members (excludes halogenated alkanes) is 43. The standard InChI is InChI=1S/C65H126O6/c1-6-8-9-10-11-12-13-14-15-16-17-18-25-30-35-40-45-50-55-63(66)69-58-62(59-70-64(67)56-51-46-41-36-31-26-21-19-23-28-33-38-43-48-53-60(3)4)71-65(68)57-52-47-42-37-32-27-22-20-24-29-34-39-44-49-54-61(5)7-2/h60-62H,6-59H2,1-5H3/t61?,62-/m0/s1. The van der Waals surface area contributed by atoms with Crippen molar-refractivity contribution in [2.45, 2.75) is 375 Å². The zero-order valence-electron chi connectivity index (χ0n) is 48.9. The van der Waals surface area contributed by atoms with Gasteiger partial charge in [0.05, 0.1) is 0 Å². The minimum Gasteiger partial charge on any atom is -0.462 e. The SMILES string of the molecule is CCCCCCCCCCCCCCCCCCCCC(=O)OC[C@@H](COC(=O)CCCCCCCCCCCCCCCCC(C)C)OC(=O)CCCCCCCCCCCCCCCCC(C)CC. The lowest BCUT2D eigenvalue weighted by Crippen LogP contribution is -2.30. The number of rotatable bonds is 59. The molecule has 0 rings (SSSR count). The molecule has 0 N–H and O–H groups in total. The highest BCUT2D eigenvalue weighted by Crippen LogP contribution is 2.19. The van der Waals surface area contributed by atoms with Crippen LogP contribution in [0, 0.1) is 11.8 Å². The molecule has 0 aliphatic carbocycles. The number of esters is 3. The maximum Gasteiger partial charge on any atom is 0.306 e. The van der Waals surface area contributed by atoms with Crippen molar-refractivity contribution in [2.75, 3.05) is 13.2 Å². The first-order chi connectivity index (χ1) is 34.8. The van der Waals surface area contributed by atoms with E-state index in [1.54, 1.807) is 0 Å². The summed E-state index contributed by atoms with van der Waals surface area (Å²) in [6, 6.07) is 0. The molecular weight excluding hydrogens is 877 g/mol. The molecule has 0 aromatic heterocycles. The van der Waals surface area contributed by atoms with Gasteiger partial charge in [0, 0.05) is 19.3 Å². The normalized spacial score (nSPS) is 12.4. The molecule has 0 aromatic rings. The first kappa shape index (κ1) is 69.4. The molecule has 2 atom stereocenters. The van der Waals surface area contributed by atoms with Crippen LogP contribution in [0.5, 0.6) is 0 Å². The highest BCUT2D eigenvalue weighted by molar-refractivity contribution is 5.71. The van der Waals surface area contributed by atoms with Crippen LogP contribution in [-0.2, 0) is 28.6 Å². The van der Waals surface area contributed by atoms with Crippen molar-refractivity contribution in [3.8, 4) is 0 Å². The number of hydrogen-bond acceptors (Lipinski definition) is 6.